The van der Waals surface area contributed by atoms with Gasteiger partial charge in [0, 0.05) is 28.7 Å². The first-order chi connectivity index (χ1) is 15.0. The summed E-state index contributed by atoms with van der Waals surface area (Å²) >= 11 is 18.5. The van der Waals surface area contributed by atoms with Crippen LogP contribution in [0.2, 0.25) is 15.1 Å². The molecule has 0 spiro atoms. The lowest BCUT2D eigenvalue weighted by atomic mass is 10.0. The monoisotopic (exact) mass is 475 g/mol. The van der Waals surface area contributed by atoms with Crippen molar-refractivity contribution in [1.29, 1.82) is 0 Å². The molecular formula is C22H20Cl3N5O. The van der Waals surface area contributed by atoms with Crippen molar-refractivity contribution in [1.82, 2.24) is 25.2 Å². The third-order valence-electron chi connectivity index (χ3n) is 6.04. The number of carbonyl (C=O) groups is 1. The zero-order valence-electron chi connectivity index (χ0n) is 16.6. The molecule has 2 aromatic carbocycles. The van der Waals surface area contributed by atoms with Crippen LogP contribution in [0.1, 0.15) is 29.9 Å². The van der Waals surface area contributed by atoms with Crippen molar-refractivity contribution in [2.75, 3.05) is 13.1 Å². The van der Waals surface area contributed by atoms with Gasteiger partial charge in [-0.15, -0.1) is 5.10 Å². The molecule has 1 N–H and O–H groups in total. The maximum Gasteiger partial charge on any atom is 0.305 e. The number of fused-ring (bicyclic) bond motifs is 1. The van der Waals surface area contributed by atoms with Gasteiger partial charge in [-0.05, 0) is 67.1 Å². The summed E-state index contributed by atoms with van der Waals surface area (Å²) in [5.74, 6) is 1.53. The van der Waals surface area contributed by atoms with Gasteiger partial charge in [-0.25, -0.2) is 14.7 Å². The molecule has 2 fully saturated rings. The summed E-state index contributed by atoms with van der Waals surface area (Å²) in [6, 6.07) is 12.3. The van der Waals surface area contributed by atoms with Gasteiger partial charge in [0.1, 0.15) is 0 Å². The van der Waals surface area contributed by atoms with Crippen LogP contribution in [-0.2, 0) is 0 Å². The average Bonchev–Trinajstić information content (AvgIpc) is 3.43. The second-order valence-electron chi connectivity index (χ2n) is 8.07. The summed E-state index contributed by atoms with van der Waals surface area (Å²) < 4.78 is 1.60. The highest BCUT2D eigenvalue weighted by Gasteiger charge is 2.37. The number of benzene rings is 2. The summed E-state index contributed by atoms with van der Waals surface area (Å²) in [6.45, 7) is 1.76. The number of rotatable bonds is 4. The van der Waals surface area contributed by atoms with E-state index in [9.17, 15) is 4.79 Å². The lowest BCUT2D eigenvalue weighted by Crippen LogP contribution is -2.41. The Morgan fingerprint density at radius 2 is 1.65 bits per heavy atom. The Bertz CT molecular complexity index is 1120. The molecule has 3 aromatic rings. The first-order valence-corrected chi connectivity index (χ1v) is 11.4. The third kappa shape index (κ3) is 4.17. The predicted octanol–water partition coefficient (Wildman–Crippen LogP) is 5.27. The summed E-state index contributed by atoms with van der Waals surface area (Å²) in [5.41, 5.74) is 4.32. The van der Waals surface area contributed by atoms with E-state index in [4.69, 9.17) is 34.8 Å². The summed E-state index contributed by atoms with van der Waals surface area (Å²) in [6.07, 6.45) is 3.76. The van der Waals surface area contributed by atoms with Gasteiger partial charge in [0.25, 0.3) is 0 Å². The first kappa shape index (κ1) is 20.8. The van der Waals surface area contributed by atoms with E-state index in [-0.39, 0.29) is 11.7 Å². The van der Waals surface area contributed by atoms with Crippen LogP contribution < -0.4 is 5.43 Å². The molecule has 5 rings (SSSR count). The molecule has 1 aliphatic heterocycles. The third-order valence-corrected chi connectivity index (χ3v) is 6.84. The number of amides is 1. The van der Waals surface area contributed by atoms with Crippen molar-refractivity contribution < 1.29 is 4.79 Å². The molecule has 9 heteroatoms. The second kappa shape index (κ2) is 8.43. The molecule has 1 aromatic heterocycles. The quantitative estimate of drug-likeness (QED) is 0.557. The Kier molecular flexibility index (Phi) is 5.65. The zero-order valence-corrected chi connectivity index (χ0v) is 18.8. The molecule has 1 amide bonds. The maximum atomic E-state index is 13.0. The summed E-state index contributed by atoms with van der Waals surface area (Å²) in [7, 11) is 0. The topological polar surface area (TPSA) is 63.1 Å². The van der Waals surface area contributed by atoms with Crippen molar-refractivity contribution in [2.24, 2.45) is 11.8 Å². The van der Waals surface area contributed by atoms with Crippen LogP contribution in [0, 0.1) is 11.8 Å². The van der Waals surface area contributed by atoms with Crippen LogP contribution in [0.3, 0.4) is 0 Å². The predicted molar refractivity (Wildman–Crippen MR) is 122 cm³/mol. The molecule has 2 heterocycles. The lowest BCUT2D eigenvalue weighted by Gasteiger charge is -2.16. The molecule has 2 atom stereocenters. The zero-order chi connectivity index (χ0) is 21.5. The number of hydrazine groups is 1. The van der Waals surface area contributed by atoms with Crippen molar-refractivity contribution in [3.63, 3.8) is 0 Å². The highest BCUT2D eigenvalue weighted by Crippen LogP contribution is 2.37. The Balaban J connectivity index is 1.48. The standard InChI is InChI=1S/C22H20Cl3N5O/c23-15-4-7-17(8-5-15)30-21(18-9-6-16(24)10-19(18)25)26-20(27-30)22(31)28-29-11-13-2-1-3-14(13)12-29/h4-10,13-14H,1-3,11-12H2,(H,28,31). The molecule has 1 aliphatic carbocycles. The van der Waals surface area contributed by atoms with E-state index in [0.29, 0.717) is 44.0 Å². The van der Waals surface area contributed by atoms with E-state index in [0.717, 1.165) is 13.1 Å². The highest BCUT2D eigenvalue weighted by molar-refractivity contribution is 6.36. The van der Waals surface area contributed by atoms with E-state index in [1.807, 2.05) is 17.1 Å². The van der Waals surface area contributed by atoms with Crippen molar-refractivity contribution in [2.45, 2.75) is 19.3 Å². The molecule has 0 bridgehead atoms. The van der Waals surface area contributed by atoms with Gasteiger partial charge < -0.3 is 0 Å². The van der Waals surface area contributed by atoms with Crippen molar-refractivity contribution >= 4 is 40.7 Å². The van der Waals surface area contributed by atoms with Gasteiger partial charge >= 0.3 is 5.91 Å². The molecule has 6 nitrogen and oxygen atoms in total. The van der Waals surface area contributed by atoms with Crippen LogP contribution in [0.5, 0.6) is 0 Å². The fraction of sp³-hybridized carbons (Fsp3) is 0.318. The van der Waals surface area contributed by atoms with Gasteiger partial charge in [0.15, 0.2) is 5.82 Å². The average molecular weight is 477 g/mol. The Morgan fingerprint density at radius 1 is 0.968 bits per heavy atom. The molecule has 1 saturated heterocycles. The smallest absolute Gasteiger partial charge is 0.282 e. The number of carbonyl (C=O) groups excluding carboxylic acids is 1. The Morgan fingerprint density at radius 3 is 2.32 bits per heavy atom. The maximum absolute atomic E-state index is 13.0. The van der Waals surface area contributed by atoms with Crippen LogP contribution in [-0.4, -0.2) is 38.8 Å². The molecule has 31 heavy (non-hydrogen) atoms. The van der Waals surface area contributed by atoms with E-state index >= 15 is 0 Å². The van der Waals surface area contributed by atoms with E-state index in [1.54, 1.807) is 35.0 Å². The van der Waals surface area contributed by atoms with Crippen molar-refractivity contribution in [3.05, 3.63) is 63.4 Å². The number of nitrogens with one attached hydrogen (secondary N) is 1. The number of halogens is 3. The molecule has 2 unspecified atom stereocenters. The highest BCUT2D eigenvalue weighted by atomic mass is 35.5. The van der Waals surface area contributed by atoms with Crippen molar-refractivity contribution in [3.8, 4) is 17.1 Å². The van der Waals surface area contributed by atoms with Gasteiger partial charge in [-0.3, -0.25) is 10.2 Å². The van der Waals surface area contributed by atoms with Crippen LogP contribution in [0.4, 0.5) is 0 Å². The molecule has 0 radical (unpaired) electrons. The van der Waals surface area contributed by atoms with Gasteiger partial charge in [0.05, 0.1) is 10.7 Å². The van der Waals surface area contributed by atoms with E-state index in [2.05, 4.69) is 15.5 Å². The fourth-order valence-corrected chi connectivity index (χ4v) is 5.15. The van der Waals surface area contributed by atoms with Crippen LogP contribution >= 0.6 is 34.8 Å². The number of aromatic nitrogens is 3. The Hall–Kier alpha value is -2.12. The fourth-order valence-electron chi connectivity index (χ4n) is 4.54. The first-order valence-electron chi connectivity index (χ1n) is 10.2. The van der Waals surface area contributed by atoms with Gasteiger partial charge in [-0.1, -0.05) is 41.2 Å². The Labute approximate surface area is 195 Å². The molecular weight excluding hydrogens is 457 g/mol. The second-order valence-corrected chi connectivity index (χ2v) is 9.35. The van der Waals surface area contributed by atoms with Crippen LogP contribution in [0.15, 0.2) is 42.5 Å². The van der Waals surface area contributed by atoms with Gasteiger partial charge in [0.2, 0.25) is 5.82 Å². The minimum Gasteiger partial charge on any atom is -0.282 e. The van der Waals surface area contributed by atoms with E-state index < -0.39 is 0 Å². The molecule has 1 saturated carbocycles. The molecule has 2 aliphatic rings. The number of hydrogen-bond acceptors (Lipinski definition) is 4. The van der Waals surface area contributed by atoms with E-state index in [1.165, 1.54) is 19.3 Å². The number of nitrogens with zero attached hydrogens (tertiary/aromatic N) is 4. The minimum atomic E-state index is -0.334. The molecule has 160 valence electrons. The number of hydrogen-bond donors (Lipinski definition) is 1. The normalized spacial score (nSPS) is 20.7. The largest absolute Gasteiger partial charge is 0.305 e. The minimum absolute atomic E-state index is 0.0769. The van der Waals surface area contributed by atoms with Crippen LogP contribution in [0.25, 0.3) is 17.1 Å². The lowest BCUT2D eigenvalue weighted by molar-refractivity contribution is 0.0803. The summed E-state index contributed by atoms with van der Waals surface area (Å²) in [5, 5.41) is 8.04. The van der Waals surface area contributed by atoms with Gasteiger partial charge in [-0.2, -0.15) is 0 Å². The summed E-state index contributed by atoms with van der Waals surface area (Å²) in [4.78, 5) is 17.5. The SMILES string of the molecule is O=C(NN1CC2CCCC2C1)c1nc(-c2ccc(Cl)cc2Cl)n(-c2ccc(Cl)cc2)n1.